The van der Waals surface area contributed by atoms with E-state index in [0.717, 1.165) is 0 Å². The largest absolute Gasteiger partial charge is 0.497 e. The number of benzene rings is 2. The van der Waals surface area contributed by atoms with Crippen LogP contribution < -0.4 is 14.8 Å². The Hall–Kier alpha value is -3.35. The van der Waals surface area contributed by atoms with Crippen LogP contribution in [0.4, 0.5) is 5.69 Å². The number of Topliss-reactive ketones (excluding diaryl/α,β-unsaturated/α-hetero) is 1. The number of nitrogens with one attached hydrogen (secondary N) is 1. The highest BCUT2D eigenvalue weighted by Crippen LogP contribution is 2.28. The van der Waals surface area contributed by atoms with Crippen LogP contribution in [0, 0.1) is 0 Å². The van der Waals surface area contributed by atoms with Gasteiger partial charge in [0.05, 0.1) is 26.3 Å². The third-order valence-corrected chi connectivity index (χ3v) is 3.70. The molecule has 27 heavy (non-hydrogen) atoms. The molecule has 142 valence electrons. The SMILES string of the molecule is COc1ccc(OC)c(NC(=O)COC(=O)CCC(=O)c2ccccc2)c1. The first kappa shape index (κ1) is 20.0. The number of anilines is 1. The van der Waals surface area contributed by atoms with Crippen molar-refractivity contribution < 1.29 is 28.6 Å². The Morgan fingerprint density at radius 3 is 2.33 bits per heavy atom. The highest BCUT2D eigenvalue weighted by atomic mass is 16.5. The maximum atomic E-state index is 12.0. The molecule has 2 aromatic rings. The van der Waals surface area contributed by atoms with E-state index in [0.29, 0.717) is 22.7 Å². The molecule has 0 aromatic heterocycles. The maximum Gasteiger partial charge on any atom is 0.306 e. The monoisotopic (exact) mass is 371 g/mol. The molecule has 2 rings (SSSR count). The Kier molecular flexibility index (Phi) is 7.37. The zero-order chi connectivity index (χ0) is 19.6. The fourth-order valence-electron chi connectivity index (χ4n) is 2.30. The molecule has 0 bridgehead atoms. The van der Waals surface area contributed by atoms with Gasteiger partial charge in [-0.05, 0) is 12.1 Å². The molecular weight excluding hydrogens is 350 g/mol. The van der Waals surface area contributed by atoms with Gasteiger partial charge < -0.3 is 19.5 Å². The van der Waals surface area contributed by atoms with Gasteiger partial charge in [-0.25, -0.2) is 0 Å². The van der Waals surface area contributed by atoms with Crippen molar-refractivity contribution in [2.24, 2.45) is 0 Å². The number of ether oxygens (including phenoxy) is 3. The van der Waals surface area contributed by atoms with E-state index >= 15 is 0 Å². The van der Waals surface area contributed by atoms with Gasteiger partial charge in [-0.1, -0.05) is 30.3 Å². The lowest BCUT2D eigenvalue weighted by molar-refractivity contribution is -0.147. The third kappa shape index (κ3) is 6.14. The zero-order valence-electron chi connectivity index (χ0n) is 15.2. The van der Waals surface area contributed by atoms with E-state index in [1.807, 2.05) is 0 Å². The van der Waals surface area contributed by atoms with Gasteiger partial charge in [-0.15, -0.1) is 0 Å². The molecule has 0 saturated carbocycles. The molecule has 0 saturated heterocycles. The van der Waals surface area contributed by atoms with Crippen molar-refractivity contribution in [2.45, 2.75) is 12.8 Å². The summed E-state index contributed by atoms with van der Waals surface area (Å²) in [6.07, 6.45) is -0.0718. The normalized spacial score (nSPS) is 10.0. The molecule has 1 amide bonds. The standard InChI is InChI=1S/C20H21NO6/c1-25-15-8-10-18(26-2)16(12-15)21-19(23)13-27-20(24)11-9-17(22)14-6-4-3-5-7-14/h3-8,10,12H,9,11,13H2,1-2H3,(H,21,23). The van der Waals surface area contributed by atoms with Crippen LogP contribution >= 0.6 is 0 Å². The summed E-state index contributed by atoms with van der Waals surface area (Å²) in [5.74, 6) is -0.305. The first-order chi connectivity index (χ1) is 13.0. The average molecular weight is 371 g/mol. The van der Waals surface area contributed by atoms with Crippen LogP contribution in [0.1, 0.15) is 23.2 Å². The summed E-state index contributed by atoms with van der Waals surface area (Å²) in [4.78, 5) is 35.7. The summed E-state index contributed by atoms with van der Waals surface area (Å²) in [5.41, 5.74) is 0.935. The molecule has 0 unspecified atom stereocenters. The van der Waals surface area contributed by atoms with Crippen molar-refractivity contribution in [3.63, 3.8) is 0 Å². The second-order valence-corrected chi connectivity index (χ2v) is 5.56. The van der Waals surface area contributed by atoms with E-state index in [4.69, 9.17) is 14.2 Å². The van der Waals surface area contributed by atoms with Crippen LogP contribution in [0.15, 0.2) is 48.5 Å². The van der Waals surface area contributed by atoms with Gasteiger partial charge in [-0.3, -0.25) is 14.4 Å². The Morgan fingerprint density at radius 1 is 0.926 bits per heavy atom. The predicted molar refractivity (Wildman–Crippen MR) is 99.1 cm³/mol. The van der Waals surface area contributed by atoms with E-state index in [1.54, 1.807) is 48.5 Å². The Morgan fingerprint density at radius 2 is 1.67 bits per heavy atom. The molecule has 7 nitrogen and oxygen atoms in total. The summed E-state index contributed by atoms with van der Waals surface area (Å²) < 4.78 is 15.2. The second-order valence-electron chi connectivity index (χ2n) is 5.56. The fourth-order valence-corrected chi connectivity index (χ4v) is 2.30. The highest BCUT2D eigenvalue weighted by molar-refractivity contribution is 5.98. The molecule has 0 heterocycles. The lowest BCUT2D eigenvalue weighted by Crippen LogP contribution is -2.21. The van der Waals surface area contributed by atoms with Crippen molar-refractivity contribution in [1.82, 2.24) is 0 Å². The molecule has 0 aliphatic rings. The lowest BCUT2D eigenvalue weighted by Gasteiger charge is -2.12. The van der Waals surface area contributed by atoms with Gasteiger partial charge in [0, 0.05) is 18.1 Å². The smallest absolute Gasteiger partial charge is 0.306 e. The molecule has 0 atom stereocenters. The molecule has 1 N–H and O–H groups in total. The molecule has 0 aliphatic carbocycles. The molecule has 0 aliphatic heterocycles. The number of hydrogen-bond donors (Lipinski definition) is 1. The molecule has 2 aromatic carbocycles. The number of rotatable bonds is 9. The maximum absolute atomic E-state index is 12.0. The van der Waals surface area contributed by atoms with E-state index in [9.17, 15) is 14.4 Å². The van der Waals surface area contributed by atoms with Crippen molar-refractivity contribution in [1.29, 1.82) is 0 Å². The minimum absolute atomic E-state index is 0.0220. The first-order valence-corrected chi connectivity index (χ1v) is 8.29. The second kappa shape index (κ2) is 9.96. The molecule has 0 fully saturated rings. The van der Waals surface area contributed by atoms with E-state index < -0.39 is 18.5 Å². The Bertz CT molecular complexity index is 803. The summed E-state index contributed by atoms with van der Waals surface area (Å²) in [6.45, 7) is -0.460. The van der Waals surface area contributed by atoms with Crippen molar-refractivity contribution in [2.75, 3.05) is 26.1 Å². The average Bonchev–Trinajstić information content (AvgIpc) is 2.71. The molecule has 7 heteroatoms. The van der Waals surface area contributed by atoms with Gasteiger partial charge >= 0.3 is 5.97 Å². The zero-order valence-corrected chi connectivity index (χ0v) is 15.2. The summed E-state index contributed by atoms with van der Waals surface area (Å²) in [5, 5.41) is 2.59. The topological polar surface area (TPSA) is 90.9 Å². The van der Waals surface area contributed by atoms with E-state index in [1.165, 1.54) is 14.2 Å². The highest BCUT2D eigenvalue weighted by Gasteiger charge is 2.13. The van der Waals surface area contributed by atoms with Crippen LogP contribution in [0.25, 0.3) is 0 Å². The number of esters is 1. The van der Waals surface area contributed by atoms with Crippen LogP contribution in [0.3, 0.4) is 0 Å². The van der Waals surface area contributed by atoms with Crippen molar-refractivity contribution >= 4 is 23.3 Å². The Labute approximate surface area is 157 Å². The summed E-state index contributed by atoms with van der Waals surface area (Å²) >= 11 is 0. The van der Waals surface area contributed by atoms with Crippen LogP contribution in [0.2, 0.25) is 0 Å². The summed E-state index contributed by atoms with van der Waals surface area (Å²) in [6, 6.07) is 13.6. The lowest BCUT2D eigenvalue weighted by atomic mass is 10.1. The molecular formula is C20H21NO6. The predicted octanol–water partition coefficient (Wildman–Crippen LogP) is 2.85. The van der Waals surface area contributed by atoms with Gasteiger partial charge in [-0.2, -0.15) is 0 Å². The number of carbonyl (C=O) groups excluding carboxylic acids is 3. The fraction of sp³-hybridized carbons (Fsp3) is 0.250. The number of carbonyl (C=O) groups is 3. The minimum atomic E-state index is -0.618. The number of hydrogen-bond acceptors (Lipinski definition) is 6. The van der Waals surface area contributed by atoms with Crippen molar-refractivity contribution in [3.8, 4) is 11.5 Å². The van der Waals surface area contributed by atoms with Gasteiger partial charge in [0.25, 0.3) is 5.91 Å². The minimum Gasteiger partial charge on any atom is -0.497 e. The first-order valence-electron chi connectivity index (χ1n) is 8.29. The summed E-state index contributed by atoms with van der Waals surface area (Å²) in [7, 11) is 2.98. The van der Waals surface area contributed by atoms with Gasteiger partial charge in [0.2, 0.25) is 0 Å². The van der Waals surface area contributed by atoms with Crippen LogP contribution in [0.5, 0.6) is 11.5 Å². The Balaban J connectivity index is 1.80. The molecule has 0 spiro atoms. The van der Waals surface area contributed by atoms with Gasteiger partial charge in [0.15, 0.2) is 12.4 Å². The van der Waals surface area contributed by atoms with Crippen LogP contribution in [-0.2, 0) is 14.3 Å². The number of ketones is 1. The van der Waals surface area contributed by atoms with E-state index in [-0.39, 0.29) is 18.6 Å². The van der Waals surface area contributed by atoms with Crippen LogP contribution in [-0.4, -0.2) is 38.5 Å². The number of amides is 1. The van der Waals surface area contributed by atoms with E-state index in [2.05, 4.69) is 5.32 Å². The quantitative estimate of drug-likeness (QED) is 0.538. The van der Waals surface area contributed by atoms with Gasteiger partial charge in [0.1, 0.15) is 11.5 Å². The van der Waals surface area contributed by atoms with Crippen molar-refractivity contribution in [3.05, 3.63) is 54.1 Å². The third-order valence-electron chi connectivity index (χ3n) is 3.70. The number of methoxy groups -OCH3 is 2. The molecule has 0 radical (unpaired) electrons.